The monoisotopic (exact) mass is 388 g/mol. The summed E-state index contributed by atoms with van der Waals surface area (Å²) in [5.41, 5.74) is 1.42. The summed E-state index contributed by atoms with van der Waals surface area (Å²) in [5, 5.41) is 13.4. The summed E-state index contributed by atoms with van der Waals surface area (Å²) in [4.78, 5) is 26.9. The standard InChI is InChI=1S/C21H20N6O2/c28-18-14-22-27(16-7-2-1-6-15(16)18)13-10-20(29)25-12-5-8-17(25)21-24-23-19-9-3-4-11-26(19)21/h1-4,6-7,9,11,14,17H,5,8,10,12-13H2/t17-/m0/s1. The van der Waals surface area contributed by atoms with Gasteiger partial charge in [-0.1, -0.05) is 18.2 Å². The molecule has 8 nitrogen and oxygen atoms in total. The molecular weight excluding hydrogens is 368 g/mol. The van der Waals surface area contributed by atoms with Crippen LogP contribution in [0.5, 0.6) is 0 Å². The number of rotatable bonds is 4. The third kappa shape index (κ3) is 3.06. The fraction of sp³-hybridized carbons (Fsp3) is 0.286. The van der Waals surface area contributed by atoms with Gasteiger partial charge in [0.25, 0.3) is 0 Å². The molecule has 0 saturated carbocycles. The molecule has 8 heteroatoms. The Labute approximate surface area is 166 Å². The topological polar surface area (TPSA) is 85.4 Å². The molecular formula is C21H20N6O2. The molecule has 4 aromatic rings. The quantitative estimate of drug-likeness (QED) is 0.535. The molecule has 1 aliphatic heterocycles. The lowest BCUT2D eigenvalue weighted by molar-refractivity contribution is -0.132. The average molecular weight is 388 g/mol. The highest BCUT2D eigenvalue weighted by atomic mass is 16.2. The van der Waals surface area contributed by atoms with Gasteiger partial charge in [-0.05, 0) is 37.1 Å². The highest BCUT2D eigenvalue weighted by Gasteiger charge is 2.32. The zero-order chi connectivity index (χ0) is 19.8. The Balaban J connectivity index is 1.37. The van der Waals surface area contributed by atoms with Crippen molar-refractivity contribution in [2.75, 3.05) is 6.54 Å². The van der Waals surface area contributed by atoms with Crippen LogP contribution in [0.4, 0.5) is 0 Å². The van der Waals surface area contributed by atoms with E-state index in [1.54, 1.807) is 10.7 Å². The number of benzene rings is 1. The SMILES string of the molecule is O=C(CCn1ncc(=O)c2ccccc21)N1CCC[C@H]1c1nnc2ccccn12. The maximum atomic E-state index is 13.0. The molecule has 4 heterocycles. The molecule has 29 heavy (non-hydrogen) atoms. The first-order chi connectivity index (χ1) is 14.2. The summed E-state index contributed by atoms with van der Waals surface area (Å²) >= 11 is 0. The smallest absolute Gasteiger partial charge is 0.225 e. The highest BCUT2D eigenvalue weighted by molar-refractivity contribution is 5.79. The minimum absolute atomic E-state index is 0.0600. The normalized spacial score (nSPS) is 16.7. The van der Waals surface area contributed by atoms with Crippen molar-refractivity contribution in [1.29, 1.82) is 0 Å². The molecule has 146 valence electrons. The van der Waals surface area contributed by atoms with E-state index in [9.17, 15) is 9.59 Å². The number of hydrogen-bond acceptors (Lipinski definition) is 5. The summed E-state index contributed by atoms with van der Waals surface area (Å²) < 4.78 is 3.68. The third-order valence-corrected chi connectivity index (χ3v) is 5.51. The van der Waals surface area contributed by atoms with E-state index in [1.165, 1.54) is 6.20 Å². The van der Waals surface area contributed by atoms with Gasteiger partial charge < -0.3 is 4.90 Å². The van der Waals surface area contributed by atoms with Crippen LogP contribution in [-0.4, -0.2) is 41.7 Å². The highest BCUT2D eigenvalue weighted by Crippen LogP contribution is 2.31. The number of hydrogen-bond donors (Lipinski definition) is 0. The van der Waals surface area contributed by atoms with Gasteiger partial charge in [-0.3, -0.25) is 18.7 Å². The van der Waals surface area contributed by atoms with E-state index in [2.05, 4.69) is 15.3 Å². The summed E-state index contributed by atoms with van der Waals surface area (Å²) in [6.07, 6.45) is 5.38. The van der Waals surface area contributed by atoms with E-state index >= 15 is 0 Å². The zero-order valence-corrected chi connectivity index (χ0v) is 15.8. The van der Waals surface area contributed by atoms with Gasteiger partial charge in [0.15, 0.2) is 11.5 Å². The number of nitrogens with zero attached hydrogens (tertiary/aromatic N) is 6. The first-order valence-electron chi connectivity index (χ1n) is 9.76. The number of aromatic nitrogens is 5. The van der Waals surface area contributed by atoms with Gasteiger partial charge in [-0.15, -0.1) is 10.2 Å². The molecule has 1 amide bonds. The molecule has 1 aliphatic rings. The fourth-order valence-electron chi connectivity index (χ4n) is 4.11. The molecule has 5 rings (SSSR count). The minimum atomic E-state index is -0.110. The maximum absolute atomic E-state index is 13.0. The molecule has 0 bridgehead atoms. The Morgan fingerprint density at radius 2 is 1.97 bits per heavy atom. The molecule has 0 spiro atoms. The Bertz CT molecular complexity index is 1260. The second kappa shape index (κ2) is 7.12. The number of likely N-dealkylation sites (tertiary alicyclic amines) is 1. The van der Waals surface area contributed by atoms with Gasteiger partial charge in [0, 0.05) is 24.5 Å². The van der Waals surface area contributed by atoms with Crippen LogP contribution in [0, 0.1) is 0 Å². The van der Waals surface area contributed by atoms with Gasteiger partial charge in [-0.2, -0.15) is 5.10 Å². The molecule has 1 fully saturated rings. The lowest BCUT2D eigenvalue weighted by Gasteiger charge is -2.23. The zero-order valence-electron chi connectivity index (χ0n) is 15.8. The van der Waals surface area contributed by atoms with Crippen LogP contribution in [0.15, 0.2) is 59.7 Å². The van der Waals surface area contributed by atoms with Gasteiger partial charge >= 0.3 is 0 Å². The lowest BCUT2D eigenvalue weighted by Crippen LogP contribution is -2.32. The van der Waals surface area contributed by atoms with Crippen molar-refractivity contribution in [3.63, 3.8) is 0 Å². The molecule has 0 N–H and O–H groups in total. The Hall–Kier alpha value is -3.55. The van der Waals surface area contributed by atoms with Gasteiger partial charge in [0.2, 0.25) is 11.3 Å². The van der Waals surface area contributed by atoms with E-state index < -0.39 is 0 Å². The number of para-hydroxylation sites is 1. The number of carbonyl (C=O) groups is 1. The Kier molecular flexibility index (Phi) is 4.31. The Morgan fingerprint density at radius 3 is 2.90 bits per heavy atom. The van der Waals surface area contributed by atoms with Crippen molar-refractivity contribution < 1.29 is 4.79 Å². The second-order valence-corrected chi connectivity index (χ2v) is 7.23. The Morgan fingerprint density at radius 1 is 1.10 bits per heavy atom. The predicted octanol–water partition coefficient (Wildman–Crippen LogP) is 2.19. The largest absolute Gasteiger partial charge is 0.332 e. The minimum Gasteiger partial charge on any atom is -0.332 e. The number of aryl methyl sites for hydroxylation is 1. The predicted molar refractivity (Wildman–Crippen MR) is 107 cm³/mol. The summed E-state index contributed by atoms with van der Waals surface area (Å²) in [6.45, 7) is 1.13. The van der Waals surface area contributed by atoms with Crippen LogP contribution in [-0.2, 0) is 11.3 Å². The first kappa shape index (κ1) is 17.5. The van der Waals surface area contributed by atoms with Crippen LogP contribution in [0.1, 0.15) is 31.1 Å². The van der Waals surface area contributed by atoms with Crippen molar-refractivity contribution in [2.45, 2.75) is 31.8 Å². The number of fused-ring (bicyclic) bond motifs is 2. The molecule has 3 aromatic heterocycles. The molecule has 1 aromatic carbocycles. The van der Waals surface area contributed by atoms with Gasteiger partial charge in [0.1, 0.15) is 0 Å². The average Bonchev–Trinajstić information content (AvgIpc) is 3.40. The van der Waals surface area contributed by atoms with Crippen LogP contribution >= 0.6 is 0 Å². The summed E-state index contributed by atoms with van der Waals surface area (Å²) in [5.74, 6) is 0.864. The van der Waals surface area contributed by atoms with Crippen LogP contribution < -0.4 is 5.43 Å². The third-order valence-electron chi connectivity index (χ3n) is 5.51. The first-order valence-corrected chi connectivity index (χ1v) is 9.76. The lowest BCUT2D eigenvalue weighted by atomic mass is 10.2. The van der Waals surface area contributed by atoms with Crippen LogP contribution in [0.3, 0.4) is 0 Å². The summed E-state index contributed by atoms with van der Waals surface area (Å²) in [7, 11) is 0. The number of carbonyl (C=O) groups excluding carboxylic acids is 1. The van der Waals surface area contributed by atoms with Crippen LogP contribution in [0.2, 0.25) is 0 Å². The number of amides is 1. The summed E-state index contributed by atoms with van der Waals surface area (Å²) in [6, 6.07) is 13.0. The van der Waals surface area contributed by atoms with Crippen molar-refractivity contribution in [3.8, 4) is 0 Å². The van der Waals surface area contributed by atoms with E-state index in [-0.39, 0.29) is 17.4 Å². The molecule has 0 radical (unpaired) electrons. The van der Waals surface area contributed by atoms with Crippen molar-refractivity contribution in [1.82, 2.24) is 29.3 Å². The van der Waals surface area contributed by atoms with Crippen molar-refractivity contribution >= 4 is 22.5 Å². The fourth-order valence-corrected chi connectivity index (χ4v) is 4.11. The molecule has 0 unspecified atom stereocenters. The van der Waals surface area contributed by atoms with Gasteiger partial charge in [0.05, 0.1) is 24.3 Å². The maximum Gasteiger partial charge on any atom is 0.225 e. The van der Waals surface area contributed by atoms with Crippen LogP contribution in [0.25, 0.3) is 16.6 Å². The molecule has 0 aliphatic carbocycles. The van der Waals surface area contributed by atoms with Gasteiger partial charge in [-0.25, -0.2) is 0 Å². The molecule has 1 saturated heterocycles. The van der Waals surface area contributed by atoms with E-state index in [0.29, 0.717) is 24.9 Å². The second-order valence-electron chi connectivity index (χ2n) is 7.23. The van der Waals surface area contributed by atoms with E-state index in [0.717, 1.165) is 29.8 Å². The molecule has 1 atom stereocenters. The van der Waals surface area contributed by atoms with E-state index in [4.69, 9.17) is 0 Å². The van der Waals surface area contributed by atoms with Crippen molar-refractivity contribution in [2.24, 2.45) is 0 Å². The van der Waals surface area contributed by atoms with Crippen molar-refractivity contribution in [3.05, 3.63) is 70.9 Å². The van der Waals surface area contributed by atoms with E-state index in [1.807, 2.05) is 51.9 Å². The number of pyridine rings is 1.